The number of nitrogens with two attached hydrogens (primary N) is 1. The maximum absolute atomic E-state index is 13.4. The van der Waals surface area contributed by atoms with Gasteiger partial charge in [-0.05, 0) is 149 Å². The fourth-order valence-corrected chi connectivity index (χ4v) is 13.4. The summed E-state index contributed by atoms with van der Waals surface area (Å²) in [5.74, 6) is -2.86. The molecule has 30 heteroatoms. The van der Waals surface area contributed by atoms with Gasteiger partial charge in [0, 0.05) is 71.0 Å². The minimum atomic E-state index is -4.60. The molecule has 0 bridgehead atoms. The summed E-state index contributed by atoms with van der Waals surface area (Å²) in [6, 6.07) is 13.6. The average Bonchev–Trinajstić information content (AvgIpc) is 1.80. The lowest BCUT2D eigenvalue weighted by molar-refractivity contribution is -0.438. The van der Waals surface area contributed by atoms with Crippen molar-refractivity contribution in [2.24, 2.45) is 0 Å². The third-order valence-corrected chi connectivity index (χ3v) is 19.0. The van der Waals surface area contributed by atoms with E-state index in [9.17, 15) is 71.4 Å². The van der Waals surface area contributed by atoms with E-state index in [-0.39, 0.29) is 71.4 Å². The molecule has 2 aromatic heterocycles. The Hall–Kier alpha value is -7.71. The van der Waals surface area contributed by atoms with Gasteiger partial charge in [-0.3, -0.25) is 32.8 Å². The van der Waals surface area contributed by atoms with Crippen LogP contribution in [0, 0.1) is 0 Å². The smallest absolute Gasteiger partial charge is 0.326 e. The highest BCUT2D eigenvalue weighted by Crippen LogP contribution is 2.49. The average molecular weight is 1290 g/mol. The summed E-state index contributed by atoms with van der Waals surface area (Å²) in [5, 5.41) is 19.6. The van der Waals surface area contributed by atoms with Crippen LogP contribution < -0.4 is 32.1 Å². The number of benzene rings is 3. The van der Waals surface area contributed by atoms with Gasteiger partial charge >= 0.3 is 5.97 Å². The molecule has 1 amide bonds. The number of carbonyl (C=O) groups is 2. The van der Waals surface area contributed by atoms with Gasteiger partial charge in [0.1, 0.15) is 12.6 Å². The number of nitrogen functional groups attached to an aromatic ring is 1. The zero-order valence-corrected chi connectivity index (χ0v) is 52.0. The summed E-state index contributed by atoms with van der Waals surface area (Å²) >= 11 is 0. The Labute approximate surface area is 509 Å². The Kier molecular flexibility index (Phi) is 20.0. The van der Waals surface area contributed by atoms with Gasteiger partial charge in [-0.25, -0.2) is 14.8 Å². The molecule has 0 fully saturated rings. The molecule has 0 spiro atoms. The molecule has 1 aliphatic carbocycles. The van der Waals surface area contributed by atoms with Crippen LogP contribution in [0.2, 0.25) is 0 Å². The molecular formula is C58H71N10O16S4+. The van der Waals surface area contributed by atoms with Crippen molar-refractivity contribution in [3.63, 3.8) is 0 Å². The summed E-state index contributed by atoms with van der Waals surface area (Å²) in [7, 11) is -17.7. The summed E-state index contributed by atoms with van der Waals surface area (Å²) in [4.78, 5) is 54.5. The molecule has 11 N–H and O–H groups in total. The minimum Gasteiger partial charge on any atom is -0.480 e. The predicted molar refractivity (Wildman–Crippen MR) is 330 cm³/mol. The monoisotopic (exact) mass is 1290 g/mol. The molecule has 4 heterocycles. The topological polar surface area (TPSA) is 412 Å². The van der Waals surface area contributed by atoms with Gasteiger partial charge in [0.25, 0.3) is 51.9 Å². The van der Waals surface area contributed by atoms with E-state index in [2.05, 4.69) is 35.9 Å². The number of aromatic amines is 1. The second-order valence-electron chi connectivity index (χ2n) is 22.8. The number of allylic oxidation sites excluding steroid dienone is 7. The Morgan fingerprint density at radius 1 is 0.773 bits per heavy atom. The summed E-state index contributed by atoms with van der Waals surface area (Å²) in [6.45, 7) is 8.65. The van der Waals surface area contributed by atoms with Crippen LogP contribution in [0.1, 0.15) is 119 Å². The first-order valence-corrected chi connectivity index (χ1v) is 34.3. The van der Waals surface area contributed by atoms with Crippen molar-refractivity contribution in [3.8, 4) is 0 Å². The van der Waals surface area contributed by atoms with Gasteiger partial charge < -0.3 is 31.7 Å². The number of aliphatic carboxylic acids is 1. The zero-order chi connectivity index (χ0) is 64.1. The normalized spacial score (nSPS) is 17.2. The lowest BCUT2D eigenvalue weighted by Crippen LogP contribution is -2.40. The SMILES string of the molecule is CC1(C)C(/C=C/C2=C(NCCCCC(NC(=O)c3ccc(NCc4cnc5nc(N)[nH]c(=O)c5n4)cc3)C(=O)O)C(=C/C=C3/N(CCCCS(=O)(=O)O)c4ccc(S(=O)(=O)O)cc4C3(C)C)/CCC2)=[N+](CCCCS(=O)(=O)O)c2ccc(S(=O)(=O)O)cc21. The van der Waals surface area contributed by atoms with Crippen molar-refractivity contribution in [3.05, 3.63) is 146 Å². The van der Waals surface area contributed by atoms with Crippen LogP contribution in [0.4, 0.5) is 23.0 Å². The number of aromatic nitrogens is 4. The van der Waals surface area contributed by atoms with Crippen LogP contribution in [0.5, 0.6) is 0 Å². The second kappa shape index (κ2) is 26.6. The van der Waals surface area contributed by atoms with Gasteiger partial charge in [-0.15, -0.1) is 0 Å². The van der Waals surface area contributed by atoms with E-state index in [4.69, 9.17) is 5.73 Å². The first-order valence-electron chi connectivity index (χ1n) is 28.2. The van der Waals surface area contributed by atoms with Gasteiger partial charge in [0.2, 0.25) is 11.6 Å². The molecule has 1 unspecified atom stereocenters. The van der Waals surface area contributed by atoms with Crippen molar-refractivity contribution in [2.75, 3.05) is 47.1 Å². The summed E-state index contributed by atoms with van der Waals surface area (Å²) < 4.78 is 137. The molecule has 88 heavy (non-hydrogen) atoms. The number of rotatable bonds is 27. The molecule has 3 aliphatic rings. The zero-order valence-electron chi connectivity index (χ0n) is 48.7. The maximum atomic E-state index is 13.4. The Morgan fingerprint density at radius 3 is 2.09 bits per heavy atom. The largest absolute Gasteiger partial charge is 0.480 e. The third-order valence-electron chi connectivity index (χ3n) is 15.7. The minimum absolute atomic E-state index is 0.0181. The molecule has 5 aromatic rings. The predicted octanol–water partition coefficient (Wildman–Crippen LogP) is 6.36. The number of H-pyrrole nitrogens is 1. The van der Waals surface area contributed by atoms with E-state index in [0.29, 0.717) is 85.4 Å². The number of fused-ring (bicyclic) bond motifs is 3. The molecule has 472 valence electrons. The van der Waals surface area contributed by atoms with Crippen LogP contribution in [-0.2, 0) is 62.6 Å². The fourth-order valence-electron chi connectivity index (χ4n) is 11.2. The summed E-state index contributed by atoms with van der Waals surface area (Å²) in [6.07, 6.45) is 12.8. The molecular weight excluding hydrogens is 1220 g/mol. The highest BCUT2D eigenvalue weighted by atomic mass is 32.2. The standard InChI is InChI=1S/C58H70N10O16S4/c1-57(2)43-32-41(87(79,80)81)21-23-46(43)67(28-7-9-30-85(73,74)75)48(57)25-17-36-12-11-13-37(18-26-49-58(3,4)44-33-42(88(82,83)84)22-24-47(44)68(49)29-8-10-31-86(76,77)78)50(36)60-27-6-5-14-45(55(71)72)64-53(69)38-15-19-39(20-16-38)61-34-40-35-62-52-51(63-40)54(70)66-56(59)65-52/h15-26,32-33,35,45H,5-14,27-31,34H2,1-4H3,(H10,59,61,62,64,65,66,69,70,71,72,73,74,75,76,77,78,79,80,81,82,83,84)/p+1/b36-17+,48-25+. The number of carbonyl (C=O) groups excluding carboxylic acids is 1. The molecule has 0 saturated carbocycles. The number of nitrogens with one attached hydrogen (secondary N) is 4. The van der Waals surface area contributed by atoms with E-state index < -0.39 is 86.3 Å². The lowest BCUT2D eigenvalue weighted by Gasteiger charge is -2.28. The first kappa shape index (κ1) is 66.2. The molecule has 3 aromatic carbocycles. The molecule has 0 saturated heterocycles. The second-order valence-corrected chi connectivity index (χ2v) is 28.8. The van der Waals surface area contributed by atoms with E-state index >= 15 is 0 Å². The van der Waals surface area contributed by atoms with Crippen molar-refractivity contribution in [1.82, 2.24) is 30.6 Å². The highest BCUT2D eigenvalue weighted by molar-refractivity contribution is 7.86. The molecule has 1 atom stereocenters. The van der Waals surface area contributed by atoms with Crippen LogP contribution in [0.15, 0.2) is 128 Å². The maximum Gasteiger partial charge on any atom is 0.326 e. The van der Waals surface area contributed by atoms with E-state index in [1.54, 1.807) is 24.3 Å². The molecule has 2 aliphatic heterocycles. The van der Waals surface area contributed by atoms with Gasteiger partial charge in [0.05, 0.1) is 45.1 Å². The number of hydrogen-bond donors (Lipinski definition) is 10. The van der Waals surface area contributed by atoms with Crippen LogP contribution in [-0.4, -0.2) is 136 Å². The van der Waals surface area contributed by atoms with Gasteiger partial charge in [-0.2, -0.15) is 43.2 Å². The van der Waals surface area contributed by atoms with Crippen LogP contribution in [0.25, 0.3) is 11.2 Å². The van der Waals surface area contributed by atoms with Crippen LogP contribution >= 0.6 is 0 Å². The fraction of sp³-hybridized carbons (Fsp3) is 0.397. The molecule has 26 nitrogen and oxygen atoms in total. The van der Waals surface area contributed by atoms with Gasteiger partial charge in [0.15, 0.2) is 16.9 Å². The van der Waals surface area contributed by atoms with Crippen molar-refractivity contribution < 1.29 is 71.2 Å². The highest BCUT2D eigenvalue weighted by Gasteiger charge is 2.45. The molecule has 0 radical (unpaired) electrons. The number of nitrogens with zero attached hydrogens (tertiary/aromatic N) is 5. The van der Waals surface area contributed by atoms with Crippen LogP contribution in [0.3, 0.4) is 0 Å². The first-order chi connectivity index (χ1) is 41.2. The third kappa shape index (κ3) is 16.1. The number of carboxylic acid groups (broad SMARTS) is 1. The van der Waals surface area contributed by atoms with E-state index in [0.717, 1.165) is 28.3 Å². The lowest BCUT2D eigenvalue weighted by atomic mass is 9.81. The number of anilines is 3. The number of unbranched alkanes of at least 4 members (excludes halogenated alkanes) is 3. The number of carboxylic acids is 1. The number of hydrogen-bond acceptors (Lipinski definition) is 18. The van der Waals surface area contributed by atoms with E-state index in [1.165, 1.54) is 42.6 Å². The van der Waals surface area contributed by atoms with Crippen molar-refractivity contribution in [1.29, 1.82) is 0 Å². The Bertz CT molecular complexity index is 4260. The Balaban J connectivity index is 1.06. The van der Waals surface area contributed by atoms with Crippen molar-refractivity contribution in [2.45, 2.75) is 125 Å². The van der Waals surface area contributed by atoms with Crippen molar-refractivity contribution >= 4 is 92.2 Å². The van der Waals surface area contributed by atoms with Gasteiger partial charge in [-0.1, -0.05) is 26.0 Å². The Morgan fingerprint density at radius 2 is 1.43 bits per heavy atom. The van der Waals surface area contributed by atoms with E-state index in [1.807, 2.05) is 61.5 Å². The molecule has 8 rings (SSSR count). The number of amides is 1. The summed E-state index contributed by atoms with van der Waals surface area (Å²) in [5.41, 5.74) is 11.0. The quantitative estimate of drug-likeness (QED) is 0.0155.